The maximum atomic E-state index is 10.2. The average molecular weight is 273 g/mol. The smallest absolute Gasteiger partial charge is 0.303 e. The van der Waals surface area contributed by atoms with Crippen LogP contribution < -0.4 is 0 Å². The Balaban J connectivity index is 0. The van der Waals surface area contributed by atoms with E-state index in [0.717, 1.165) is 19.3 Å². The summed E-state index contributed by atoms with van der Waals surface area (Å²) in [4.78, 5) is 21.1. The van der Waals surface area contributed by atoms with Crippen LogP contribution in [0.3, 0.4) is 0 Å². The van der Waals surface area contributed by atoms with Gasteiger partial charge in [-0.25, -0.2) is 0 Å². The second-order valence-corrected chi connectivity index (χ2v) is 5.04. The maximum Gasteiger partial charge on any atom is 0.303 e. The molecule has 0 aromatic heterocycles. The van der Waals surface area contributed by atoms with Gasteiger partial charge in [0.1, 0.15) is 0 Å². The number of hydrogen-bond donors (Lipinski definition) is 1. The number of nitrogens with zero attached hydrogens (tertiary/aromatic N) is 1. The summed E-state index contributed by atoms with van der Waals surface area (Å²) in [5.74, 6) is -0.659. The number of carboxylic acid groups (broad SMARTS) is 1. The van der Waals surface area contributed by atoms with E-state index in [-0.39, 0.29) is 0 Å². The average Bonchev–Trinajstić information content (AvgIpc) is 2.37. The van der Waals surface area contributed by atoms with E-state index in [0.29, 0.717) is 6.42 Å². The molecule has 0 aromatic rings. The van der Waals surface area contributed by atoms with Crippen LogP contribution in [-0.2, 0) is 9.59 Å². The van der Waals surface area contributed by atoms with Crippen LogP contribution in [0.5, 0.6) is 0 Å². The third-order valence-corrected chi connectivity index (χ3v) is 2.71. The molecule has 0 saturated carbocycles. The van der Waals surface area contributed by atoms with Crippen LogP contribution in [0.25, 0.3) is 0 Å². The monoisotopic (exact) mass is 273 g/mol. The van der Waals surface area contributed by atoms with Gasteiger partial charge in [0, 0.05) is 20.5 Å². The molecule has 0 radical (unpaired) electrons. The van der Waals surface area contributed by atoms with Crippen LogP contribution in [0.15, 0.2) is 0 Å². The molecule has 0 fully saturated rings. The Morgan fingerprint density at radius 1 is 0.947 bits per heavy atom. The van der Waals surface area contributed by atoms with E-state index >= 15 is 0 Å². The topological polar surface area (TPSA) is 57.6 Å². The molecule has 114 valence electrons. The Bertz CT molecular complexity index is 206. The van der Waals surface area contributed by atoms with Gasteiger partial charge in [-0.3, -0.25) is 9.59 Å². The van der Waals surface area contributed by atoms with Gasteiger partial charge in [-0.05, 0) is 6.42 Å². The molecule has 0 aliphatic heterocycles. The zero-order chi connectivity index (χ0) is 14.9. The molecule has 0 aromatic carbocycles. The number of carbonyl (C=O) groups is 2. The first kappa shape index (κ1) is 20.3. The fourth-order valence-corrected chi connectivity index (χ4v) is 1.59. The van der Waals surface area contributed by atoms with Crippen molar-refractivity contribution in [2.24, 2.45) is 0 Å². The number of aliphatic carboxylic acids is 1. The Labute approximate surface area is 118 Å². The number of carboxylic acids is 1. The lowest BCUT2D eigenvalue weighted by atomic mass is 10.1. The Morgan fingerprint density at radius 2 is 1.32 bits per heavy atom. The minimum absolute atomic E-state index is 0.343. The largest absolute Gasteiger partial charge is 0.481 e. The Hall–Kier alpha value is -1.06. The summed E-state index contributed by atoms with van der Waals surface area (Å²) in [6, 6.07) is 0. The minimum atomic E-state index is -0.659. The van der Waals surface area contributed by atoms with Crippen molar-refractivity contribution in [3.8, 4) is 0 Å². The molecule has 0 atom stereocenters. The number of unbranched alkanes of at least 4 members (excludes halogenated alkanes) is 8. The van der Waals surface area contributed by atoms with E-state index in [2.05, 4.69) is 6.92 Å². The van der Waals surface area contributed by atoms with Gasteiger partial charge >= 0.3 is 5.97 Å². The SMILES string of the molecule is CCCCCCCCCCCC(=O)O.CN(C)C=O. The highest BCUT2D eigenvalue weighted by Crippen LogP contribution is 2.10. The molecule has 4 heteroatoms. The minimum Gasteiger partial charge on any atom is -0.481 e. The molecule has 0 heterocycles. The van der Waals surface area contributed by atoms with Gasteiger partial charge < -0.3 is 10.0 Å². The van der Waals surface area contributed by atoms with Crippen molar-refractivity contribution in [1.29, 1.82) is 0 Å². The van der Waals surface area contributed by atoms with Crippen molar-refractivity contribution in [2.45, 2.75) is 71.1 Å². The summed E-state index contributed by atoms with van der Waals surface area (Å²) >= 11 is 0. The Morgan fingerprint density at radius 3 is 1.63 bits per heavy atom. The van der Waals surface area contributed by atoms with Crippen LogP contribution in [0.4, 0.5) is 0 Å². The van der Waals surface area contributed by atoms with Gasteiger partial charge in [0.2, 0.25) is 6.41 Å². The number of amides is 1. The van der Waals surface area contributed by atoms with E-state index < -0.39 is 5.97 Å². The molecule has 0 rings (SSSR count). The van der Waals surface area contributed by atoms with Crippen molar-refractivity contribution in [3.05, 3.63) is 0 Å². The number of carbonyl (C=O) groups excluding carboxylic acids is 1. The highest BCUT2D eigenvalue weighted by molar-refractivity contribution is 5.66. The second kappa shape index (κ2) is 16.9. The van der Waals surface area contributed by atoms with Crippen LogP contribution in [0.1, 0.15) is 71.1 Å². The lowest BCUT2D eigenvalue weighted by Crippen LogP contribution is -2.06. The lowest BCUT2D eigenvalue weighted by molar-refractivity contribution is -0.137. The summed E-state index contributed by atoms with van der Waals surface area (Å²) in [5, 5.41) is 8.41. The molecule has 19 heavy (non-hydrogen) atoms. The summed E-state index contributed by atoms with van der Waals surface area (Å²) in [6.07, 6.45) is 12.2. The summed E-state index contributed by atoms with van der Waals surface area (Å²) in [6.45, 7) is 2.23. The highest BCUT2D eigenvalue weighted by atomic mass is 16.4. The first-order valence-electron chi connectivity index (χ1n) is 7.38. The van der Waals surface area contributed by atoms with Crippen LogP contribution in [0.2, 0.25) is 0 Å². The molecule has 0 aliphatic carbocycles. The third kappa shape index (κ3) is 26.5. The molecular formula is C15H31NO3. The third-order valence-electron chi connectivity index (χ3n) is 2.71. The van der Waals surface area contributed by atoms with Crippen molar-refractivity contribution in [1.82, 2.24) is 4.90 Å². The molecule has 1 N–H and O–H groups in total. The van der Waals surface area contributed by atoms with Gasteiger partial charge in [-0.15, -0.1) is 0 Å². The standard InChI is InChI=1S/C12H24O2.C3H7NO/c1-2-3-4-5-6-7-8-9-10-11-12(13)14;1-4(2)3-5/h2-11H2,1H3,(H,13,14);3H,1-2H3. The Kier molecular flexibility index (Phi) is 18.1. The first-order chi connectivity index (χ1) is 9.04. The molecule has 4 nitrogen and oxygen atoms in total. The predicted octanol–water partition coefficient (Wildman–Crippen LogP) is 3.70. The second-order valence-electron chi connectivity index (χ2n) is 5.04. The van der Waals surface area contributed by atoms with E-state index in [1.54, 1.807) is 14.1 Å². The number of hydrogen-bond acceptors (Lipinski definition) is 2. The van der Waals surface area contributed by atoms with Crippen molar-refractivity contribution in [3.63, 3.8) is 0 Å². The predicted molar refractivity (Wildman–Crippen MR) is 79.2 cm³/mol. The zero-order valence-electron chi connectivity index (χ0n) is 12.9. The fourth-order valence-electron chi connectivity index (χ4n) is 1.59. The molecule has 0 spiro atoms. The molecule has 0 unspecified atom stereocenters. The molecule has 0 bridgehead atoms. The molecule has 0 aliphatic rings. The normalized spacial score (nSPS) is 9.42. The van der Waals surface area contributed by atoms with Crippen LogP contribution >= 0.6 is 0 Å². The number of rotatable bonds is 11. The van der Waals surface area contributed by atoms with Crippen LogP contribution in [0, 0.1) is 0 Å². The summed E-state index contributed by atoms with van der Waals surface area (Å²) in [7, 11) is 3.38. The van der Waals surface area contributed by atoms with Crippen LogP contribution in [-0.4, -0.2) is 36.5 Å². The lowest BCUT2D eigenvalue weighted by Gasteiger charge is -2.00. The van der Waals surface area contributed by atoms with Gasteiger partial charge in [0.25, 0.3) is 0 Å². The fraction of sp³-hybridized carbons (Fsp3) is 0.867. The molecular weight excluding hydrogens is 242 g/mol. The highest BCUT2D eigenvalue weighted by Gasteiger charge is 1.96. The van der Waals surface area contributed by atoms with Crippen molar-refractivity contribution < 1.29 is 14.7 Å². The molecule has 0 saturated heterocycles. The van der Waals surface area contributed by atoms with E-state index in [1.165, 1.54) is 49.8 Å². The van der Waals surface area contributed by atoms with Gasteiger partial charge in [-0.1, -0.05) is 58.3 Å². The quantitative estimate of drug-likeness (QED) is 0.461. The summed E-state index contributed by atoms with van der Waals surface area (Å²) < 4.78 is 0. The van der Waals surface area contributed by atoms with Crippen molar-refractivity contribution in [2.75, 3.05) is 14.1 Å². The zero-order valence-corrected chi connectivity index (χ0v) is 12.9. The maximum absolute atomic E-state index is 10.2. The van der Waals surface area contributed by atoms with Gasteiger partial charge in [-0.2, -0.15) is 0 Å². The first-order valence-corrected chi connectivity index (χ1v) is 7.38. The molecule has 1 amide bonds. The van der Waals surface area contributed by atoms with Gasteiger partial charge in [0.15, 0.2) is 0 Å². The van der Waals surface area contributed by atoms with E-state index in [9.17, 15) is 9.59 Å². The van der Waals surface area contributed by atoms with Gasteiger partial charge in [0.05, 0.1) is 0 Å². The van der Waals surface area contributed by atoms with E-state index in [1.807, 2.05) is 0 Å². The summed E-state index contributed by atoms with van der Waals surface area (Å²) in [5.41, 5.74) is 0. The van der Waals surface area contributed by atoms with E-state index in [4.69, 9.17) is 5.11 Å². The van der Waals surface area contributed by atoms with Crippen molar-refractivity contribution >= 4 is 12.4 Å².